The maximum Gasteiger partial charge on any atom is 0.250 e. The molecular formula is C8H17N3O2. The molecule has 0 spiro atoms. The van der Waals surface area contributed by atoms with Crippen LogP contribution in [0.15, 0.2) is 0 Å². The first-order chi connectivity index (χ1) is 6.19. The van der Waals surface area contributed by atoms with Crippen molar-refractivity contribution >= 4 is 5.91 Å². The minimum atomic E-state index is -0.162. The molecule has 1 saturated heterocycles. The third kappa shape index (κ3) is 2.40. The van der Waals surface area contributed by atoms with Crippen LogP contribution in [0.2, 0.25) is 0 Å². The Morgan fingerprint density at radius 1 is 1.77 bits per heavy atom. The normalized spacial score (nSPS) is 25.9. The Morgan fingerprint density at radius 3 is 2.92 bits per heavy atom. The third-order valence-corrected chi connectivity index (χ3v) is 2.58. The van der Waals surface area contributed by atoms with Crippen molar-refractivity contribution in [1.29, 1.82) is 0 Å². The molecule has 5 nitrogen and oxygen atoms in total. The number of amides is 1. The van der Waals surface area contributed by atoms with Gasteiger partial charge in [0, 0.05) is 20.2 Å². The molecule has 2 atom stereocenters. The minimum Gasteiger partial charge on any atom is -0.380 e. The van der Waals surface area contributed by atoms with Crippen LogP contribution in [0, 0.1) is 0 Å². The maximum atomic E-state index is 11.2. The van der Waals surface area contributed by atoms with Crippen LogP contribution in [-0.2, 0) is 9.53 Å². The Bertz CT molecular complexity index is 186. The fourth-order valence-electron chi connectivity index (χ4n) is 1.58. The number of carbonyl (C=O) groups is 1. The summed E-state index contributed by atoms with van der Waals surface area (Å²) in [5, 5.41) is 0. The van der Waals surface area contributed by atoms with Crippen LogP contribution in [0.3, 0.4) is 0 Å². The predicted molar refractivity (Wildman–Crippen MR) is 48.8 cm³/mol. The van der Waals surface area contributed by atoms with Crippen LogP contribution in [-0.4, -0.2) is 43.2 Å². The van der Waals surface area contributed by atoms with Gasteiger partial charge in [0.05, 0.1) is 12.1 Å². The second kappa shape index (κ2) is 4.55. The molecule has 0 radical (unpaired) electrons. The Balaban J connectivity index is 2.41. The van der Waals surface area contributed by atoms with E-state index in [1.54, 1.807) is 7.11 Å². The van der Waals surface area contributed by atoms with Gasteiger partial charge in [0.15, 0.2) is 0 Å². The summed E-state index contributed by atoms with van der Waals surface area (Å²) in [5.74, 6) is 4.91. The van der Waals surface area contributed by atoms with Gasteiger partial charge in [-0.05, 0) is 13.3 Å². The van der Waals surface area contributed by atoms with Crippen molar-refractivity contribution in [2.75, 3.05) is 20.2 Å². The fourth-order valence-corrected chi connectivity index (χ4v) is 1.58. The zero-order valence-corrected chi connectivity index (χ0v) is 8.12. The zero-order valence-electron chi connectivity index (χ0n) is 8.12. The van der Waals surface area contributed by atoms with E-state index in [2.05, 4.69) is 10.3 Å². The summed E-state index contributed by atoms with van der Waals surface area (Å²) < 4.78 is 5.20. The van der Waals surface area contributed by atoms with Crippen molar-refractivity contribution in [1.82, 2.24) is 10.3 Å². The number of hydrazine groups is 1. The standard InChI is InChI=1S/C8H17N3O2/c1-6(8(12)10-9)11-4-3-7(5-11)13-2/h6-7H,3-5,9H2,1-2H3,(H,10,12). The highest BCUT2D eigenvalue weighted by Gasteiger charge is 2.28. The molecule has 76 valence electrons. The first-order valence-electron chi connectivity index (χ1n) is 4.46. The van der Waals surface area contributed by atoms with Crippen LogP contribution in [0.4, 0.5) is 0 Å². The number of nitrogens with zero attached hydrogens (tertiary/aromatic N) is 1. The van der Waals surface area contributed by atoms with Crippen LogP contribution < -0.4 is 11.3 Å². The molecule has 0 aromatic rings. The molecule has 1 rings (SSSR count). The lowest BCUT2D eigenvalue weighted by atomic mass is 10.3. The van der Waals surface area contributed by atoms with Gasteiger partial charge in [0.1, 0.15) is 0 Å². The van der Waals surface area contributed by atoms with E-state index in [0.29, 0.717) is 0 Å². The number of methoxy groups -OCH3 is 1. The SMILES string of the molecule is COC1CCN(C(C)C(=O)NN)C1. The second-order valence-electron chi connectivity index (χ2n) is 3.33. The topological polar surface area (TPSA) is 67.6 Å². The second-order valence-corrected chi connectivity index (χ2v) is 3.33. The van der Waals surface area contributed by atoms with Crippen molar-refractivity contribution in [2.45, 2.75) is 25.5 Å². The van der Waals surface area contributed by atoms with Gasteiger partial charge >= 0.3 is 0 Å². The smallest absolute Gasteiger partial charge is 0.250 e. The molecule has 1 aliphatic rings. The third-order valence-electron chi connectivity index (χ3n) is 2.58. The van der Waals surface area contributed by atoms with E-state index in [9.17, 15) is 4.79 Å². The highest BCUT2D eigenvalue weighted by Crippen LogP contribution is 2.14. The van der Waals surface area contributed by atoms with E-state index in [1.165, 1.54) is 0 Å². The molecule has 0 bridgehead atoms. The van der Waals surface area contributed by atoms with Gasteiger partial charge in [-0.15, -0.1) is 0 Å². The first-order valence-corrected chi connectivity index (χ1v) is 4.46. The molecule has 1 heterocycles. The van der Waals surface area contributed by atoms with Gasteiger partial charge in [-0.25, -0.2) is 5.84 Å². The Hall–Kier alpha value is -0.650. The van der Waals surface area contributed by atoms with Crippen LogP contribution in [0.25, 0.3) is 0 Å². The van der Waals surface area contributed by atoms with Gasteiger partial charge in [0.25, 0.3) is 5.91 Å². The van der Waals surface area contributed by atoms with Gasteiger partial charge in [-0.1, -0.05) is 0 Å². The molecular weight excluding hydrogens is 170 g/mol. The summed E-state index contributed by atoms with van der Waals surface area (Å²) in [7, 11) is 1.70. The number of hydrogen-bond acceptors (Lipinski definition) is 4. The molecule has 1 amide bonds. The molecule has 0 aliphatic carbocycles. The molecule has 13 heavy (non-hydrogen) atoms. The largest absolute Gasteiger partial charge is 0.380 e. The average molecular weight is 187 g/mol. The van der Waals surface area contributed by atoms with E-state index in [0.717, 1.165) is 19.5 Å². The Labute approximate surface area is 78.2 Å². The summed E-state index contributed by atoms with van der Waals surface area (Å²) in [4.78, 5) is 13.2. The number of carbonyl (C=O) groups excluding carboxylic acids is 1. The molecule has 0 saturated carbocycles. The summed E-state index contributed by atoms with van der Waals surface area (Å²) in [6.45, 7) is 3.55. The molecule has 1 aliphatic heterocycles. The highest BCUT2D eigenvalue weighted by atomic mass is 16.5. The lowest BCUT2D eigenvalue weighted by Gasteiger charge is -2.21. The van der Waals surface area contributed by atoms with Crippen LogP contribution in [0.5, 0.6) is 0 Å². The molecule has 2 unspecified atom stereocenters. The number of hydrogen-bond donors (Lipinski definition) is 2. The summed E-state index contributed by atoms with van der Waals surface area (Å²) in [6, 6.07) is -0.162. The predicted octanol–water partition coefficient (Wildman–Crippen LogP) is -0.914. The highest BCUT2D eigenvalue weighted by molar-refractivity contribution is 5.80. The summed E-state index contributed by atoms with van der Waals surface area (Å²) >= 11 is 0. The molecule has 1 fully saturated rings. The number of rotatable bonds is 3. The van der Waals surface area contributed by atoms with Crippen LogP contribution >= 0.6 is 0 Å². The van der Waals surface area contributed by atoms with Crippen molar-refractivity contribution in [3.63, 3.8) is 0 Å². The van der Waals surface area contributed by atoms with Gasteiger partial charge in [-0.2, -0.15) is 0 Å². The van der Waals surface area contributed by atoms with E-state index in [4.69, 9.17) is 10.6 Å². The number of nitrogens with two attached hydrogens (primary N) is 1. The maximum absolute atomic E-state index is 11.2. The zero-order chi connectivity index (χ0) is 9.84. The average Bonchev–Trinajstić information content (AvgIpc) is 2.63. The number of nitrogens with one attached hydrogen (secondary N) is 1. The van der Waals surface area contributed by atoms with E-state index >= 15 is 0 Å². The Kier molecular flexibility index (Phi) is 3.65. The van der Waals surface area contributed by atoms with Crippen molar-refractivity contribution in [3.05, 3.63) is 0 Å². The van der Waals surface area contributed by atoms with Crippen molar-refractivity contribution < 1.29 is 9.53 Å². The van der Waals surface area contributed by atoms with Crippen molar-refractivity contribution in [3.8, 4) is 0 Å². The molecule has 5 heteroatoms. The van der Waals surface area contributed by atoms with E-state index in [1.807, 2.05) is 6.92 Å². The number of ether oxygens (including phenoxy) is 1. The van der Waals surface area contributed by atoms with E-state index in [-0.39, 0.29) is 18.1 Å². The number of likely N-dealkylation sites (tertiary alicyclic amines) is 1. The summed E-state index contributed by atoms with van der Waals surface area (Å²) in [5.41, 5.74) is 2.15. The molecule has 3 N–H and O–H groups in total. The minimum absolute atomic E-state index is 0.142. The van der Waals surface area contributed by atoms with Crippen LogP contribution in [0.1, 0.15) is 13.3 Å². The first kappa shape index (κ1) is 10.4. The Morgan fingerprint density at radius 2 is 2.46 bits per heavy atom. The lowest BCUT2D eigenvalue weighted by Crippen LogP contribution is -2.46. The lowest BCUT2D eigenvalue weighted by molar-refractivity contribution is -0.125. The molecule has 0 aromatic heterocycles. The quantitative estimate of drug-likeness (QED) is 0.341. The van der Waals surface area contributed by atoms with Gasteiger partial charge in [-0.3, -0.25) is 15.1 Å². The molecule has 0 aromatic carbocycles. The summed E-state index contributed by atoms with van der Waals surface area (Å²) in [6.07, 6.45) is 1.24. The van der Waals surface area contributed by atoms with E-state index < -0.39 is 0 Å². The monoisotopic (exact) mass is 187 g/mol. The van der Waals surface area contributed by atoms with Gasteiger partial charge in [0.2, 0.25) is 0 Å². The van der Waals surface area contributed by atoms with Gasteiger partial charge < -0.3 is 4.74 Å². The van der Waals surface area contributed by atoms with Crippen molar-refractivity contribution in [2.24, 2.45) is 5.84 Å². The fraction of sp³-hybridized carbons (Fsp3) is 0.875.